The van der Waals surface area contributed by atoms with Crippen molar-refractivity contribution in [3.8, 4) is 0 Å². The molecule has 124 valence electrons. The fraction of sp³-hybridized carbons (Fsp3) is 0.562. The summed E-state index contributed by atoms with van der Waals surface area (Å²) in [6, 6.07) is 0.317. The maximum absolute atomic E-state index is 12.5. The number of aliphatic imine (C=N–C) groups is 1. The van der Waals surface area contributed by atoms with E-state index in [9.17, 15) is 4.79 Å². The van der Waals surface area contributed by atoms with E-state index in [1.807, 2.05) is 23.2 Å². The van der Waals surface area contributed by atoms with E-state index in [4.69, 9.17) is 0 Å². The molecule has 1 N–H and O–H groups in total. The molecule has 1 amide bonds. The van der Waals surface area contributed by atoms with E-state index in [2.05, 4.69) is 34.2 Å². The lowest BCUT2D eigenvalue weighted by Gasteiger charge is -2.19. The highest BCUT2D eigenvalue weighted by atomic mass is 32.2. The average molecular weight is 333 g/mol. The third kappa shape index (κ3) is 3.15. The number of nitrogens with zero attached hydrogens (tertiary/aromatic N) is 4. The maximum Gasteiger partial charge on any atom is 0.231 e. The SMILES string of the molecule is CCC(CC)n1ncc(C)c1NC(=O)CC1=CSC2=NCCN12. The molecule has 7 heteroatoms. The number of anilines is 1. The predicted molar refractivity (Wildman–Crippen MR) is 94.5 cm³/mol. The molecule has 0 saturated heterocycles. The van der Waals surface area contributed by atoms with Crippen LogP contribution in [-0.2, 0) is 4.79 Å². The average Bonchev–Trinajstić information content (AvgIpc) is 3.22. The molecular weight excluding hydrogens is 310 g/mol. The van der Waals surface area contributed by atoms with E-state index in [0.29, 0.717) is 12.5 Å². The van der Waals surface area contributed by atoms with Gasteiger partial charge in [-0.25, -0.2) is 4.68 Å². The number of aryl methyl sites for hydroxylation is 1. The van der Waals surface area contributed by atoms with E-state index >= 15 is 0 Å². The Kier molecular flexibility index (Phi) is 4.75. The number of hydrogen-bond acceptors (Lipinski definition) is 5. The van der Waals surface area contributed by atoms with Crippen LogP contribution in [0.5, 0.6) is 0 Å². The minimum Gasteiger partial charge on any atom is -0.322 e. The Labute approximate surface area is 141 Å². The zero-order valence-electron chi connectivity index (χ0n) is 13.9. The second-order valence-electron chi connectivity index (χ2n) is 5.86. The van der Waals surface area contributed by atoms with E-state index in [1.165, 1.54) is 0 Å². The fourth-order valence-corrected chi connectivity index (χ4v) is 3.93. The normalized spacial score (nSPS) is 16.6. The van der Waals surface area contributed by atoms with Crippen LogP contribution < -0.4 is 5.32 Å². The molecule has 23 heavy (non-hydrogen) atoms. The Morgan fingerprint density at radius 1 is 1.43 bits per heavy atom. The van der Waals surface area contributed by atoms with Crippen LogP contribution in [0.15, 0.2) is 22.3 Å². The Balaban J connectivity index is 1.69. The number of carbonyl (C=O) groups is 1. The van der Waals surface area contributed by atoms with Gasteiger partial charge in [-0.05, 0) is 25.2 Å². The van der Waals surface area contributed by atoms with Crippen molar-refractivity contribution in [2.24, 2.45) is 4.99 Å². The van der Waals surface area contributed by atoms with Crippen molar-refractivity contribution in [2.75, 3.05) is 18.4 Å². The van der Waals surface area contributed by atoms with Crippen LogP contribution in [0.1, 0.15) is 44.7 Å². The number of carbonyl (C=O) groups excluding carboxylic acids is 1. The topological polar surface area (TPSA) is 62.5 Å². The van der Waals surface area contributed by atoms with Crippen molar-refractivity contribution in [1.82, 2.24) is 14.7 Å². The molecule has 0 atom stereocenters. The Morgan fingerprint density at radius 3 is 2.96 bits per heavy atom. The summed E-state index contributed by atoms with van der Waals surface area (Å²) in [7, 11) is 0. The highest BCUT2D eigenvalue weighted by Gasteiger charge is 2.27. The summed E-state index contributed by atoms with van der Waals surface area (Å²) >= 11 is 1.61. The summed E-state index contributed by atoms with van der Waals surface area (Å²) in [4.78, 5) is 19.0. The standard InChI is InChI=1S/C16H23N5OS/c1-4-12(5-2)21-15(11(3)9-18-21)19-14(22)8-13-10-23-16-17-6-7-20(13)16/h9-10,12H,4-8H2,1-3H3,(H,19,22). The monoisotopic (exact) mass is 333 g/mol. The van der Waals surface area contributed by atoms with Crippen LogP contribution in [0.25, 0.3) is 0 Å². The lowest BCUT2D eigenvalue weighted by Crippen LogP contribution is -2.25. The van der Waals surface area contributed by atoms with Crippen LogP contribution in [-0.4, -0.2) is 38.8 Å². The Hall–Kier alpha value is -1.76. The Morgan fingerprint density at radius 2 is 2.22 bits per heavy atom. The molecule has 1 aromatic rings. The number of aromatic nitrogens is 2. The van der Waals surface area contributed by atoms with Crippen molar-refractivity contribution < 1.29 is 4.79 Å². The highest BCUT2D eigenvalue weighted by Crippen LogP contribution is 2.31. The zero-order valence-corrected chi connectivity index (χ0v) is 14.7. The number of amides is 1. The number of fused-ring (bicyclic) bond motifs is 1. The molecular formula is C16H23N5OS. The van der Waals surface area contributed by atoms with Gasteiger partial charge in [-0.2, -0.15) is 5.10 Å². The first kappa shape index (κ1) is 16.1. The van der Waals surface area contributed by atoms with Crippen molar-refractivity contribution in [2.45, 2.75) is 46.1 Å². The van der Waals surface area contributed by atoms with Gasteiger partial charge >= 0.3 is 0 Å². The number of rotatable bonds is 6. The third-order valence-corrected chi connectivity index (χ3v) is 5.27. The van der Waals surface area contributed by atoms with E-state index in [-0.39, 0.29) is 5.91 Å². The minimum absolute atomic E-state index is 0.000746. The van der Waals surface area contributed by atoms with Gasteiger partial charge in [0.15, 0.2) is 5.17 Å². The minimum atomic E-state index is 0.000746. The molecule has 0 saturated carbocycles. The maximum atomic E-state index is 12.5. The smallest absolute Gasteiger partial charge is 0.231 e. The van der Waals surface area contributed by atoms with Crippen molar-refractivity contribution in [3.63, 3.8) is 0 Å². The summed E-state index contributed by atoms with van der Waals surface area (Å²) in [6.45, 7) is 7.97. The first-order chi connectivity index (χ1) is 11.1. The summed E-state index contributed by atoms with van der Waals surface area (Å²) < 4.78 is 1.95. The molecule has 2 aliphatic rings. The van der Waals surface area contributed by atoms with Crippen LogP contribution in [0.2, 0.25) is 0 Å². The quantitative estimate of drug-likeness (QED) is 0.869. The van der Waals surface area contributed by atoms with E-state index < -0.39 is 0 Å². The molecule has 0 bridgehead atoms. The summed E-state index contributed by atoms with van der Waals surface area (Å²) in [6.07, 6.45) is 4.19. The van der Waals surface area contributed by atoms with Crippen molar-refractivity contribution >= 4 is 28.7 Å². The largest absolute Gasteiger partial charge is 0.322 e. The number of nitrogens with one attached hydrogen (secondary N) is 1. The van der Waals surface area contributed by atoms with E-state index in [1.54, 1.807) is 11.8 Å². The van der Waals surface area contributed by atoms with Crippen LogP contribution >= 0.6 is 11.8 Å². The van der Waals surface area contributed by atoms with Crippen molar-refractivity contribution in [1.29, 1.82) is 0 Å². The molecule has 6 nitrogen and oxygen atoms in total. The van der Waals surface area contributed by atoms with Gasteiger partial charge < -0.3 is 10.2 Å². The number of hydrogen-bond donors (Lipinski definition) is 1. The van der Waals surface area contributed by atoms with E-state index in [0.717, 1.165) is 48.2 Å². The van der Waals surface area contributed by atoms with Gasteiger partial charge in [0, 0.05) is 17.8 Å². The Bertz CT molecular complexity index is 659. The molecule has 2 aliphatic heterocycles. The lowest BCUT2D eigenvalue weighted by molar-refractivity contribution is -0.115. The van der Waals surface area contributed by atoms with Crippen LogP contribution in [0, 0.1) is 6.92 Å². The van der Waals surface area contributed by atoms with Gasteiger partial charge in [0.1, 0.15) is 5.82 Å². The van der Waals surface area contributed by atoms with Gasteiger partial charge in [-0.1, -0.05) is 25.6 Å². The molecule has 1 aromatic heterocycles. The molecule has 3 heterocycles. The van der Waals surface area contributed by atoms with Gasteiger partial charge in [0.2, 0.25) is 5.91 Å². The van der Waals surface area contributed by atoms with Crippen molar-refractivity contribution in [3.05, 3.63) is 22.9 Å². The third-order valence-electron chi connectivity index (χ3n) is 4.31. The molecule has 0 aliphatic carbocycles. The second kappa shape index (κ2) is 6.78. The summed E-state index contributed by atoms with van der Waals surface area (Å²) in [5.41, 5.74) is 2.04. The van der Waals surface area contributed by atoms with Gasteiger partial charge in [-0.15, -0.1) is 0 Å². The molecule has 0 radical (unpaired) electrons. The van der Waals surface area contributed by atoms with Gasteiger partial charge in [0.05, 0.1) is 25.2 Å². The molecule has 0 unspecified atom stereocenters. The summed E-state index contributed by atoms with van der Waals surface area (Å²) in [5, 5.41) is 10.6. The zero-order chi connectivity index (χ0) is 16.4. The van der Waals surface area contributed by atoms with Crippen LogP contribution in [0.3, 0.4) is 0 Å². The molecule has 0 fully saturated rings. The first-order valence-electron chi connectivity index (χ1n) is 8.15. The highest BCUT2D eigenvalue weighted by molar-refractivity contribution is 8.16. The molecule has 0 spiro atoms. The number of amidine groups is 1. The lowest BCUT2D eigenvalue weighted by atomic mass is 10.2. The first-order valence-corrected chi connectivity index (χ1v) is 9.03. The molecule has 3 rings (SSSR count). The van der Waals surface area contributed by atoms with Crippen LogP contribution in [0.4, 0.5) is 5.82 Å². The fourth-order valence-electron chi connectivity index (χ4n) is 2.97. The number of thioether (sulfide) groups is 1. The summed E-state index contributed by atoms with van der Waals surface area (Å²) in [5.74, 6) is 0.825. The predicted octanol–water partition coefficient (Wildman–Crippen LogP) is 3.14. The van der Waals surface area contributed by atoms with Gasteiger partial charge in [0.25, 0.3) is 0 Å². The molecule has 0 aromatic carbocycles. The van der Waals surface area contributed by atoms with Gasteiger partial charge in [-0.3, -0.25) is 9.79 Å². The second-order valence-corrected chi connectivity index (χ2v) is 6.70.